The van der Waals surface area contributed by atoms with Gasteiger partial charge in [-0.05, 0) is 18.1 Å². The zero-order valence-electron chi connectivity index (χ0n) is 15.5. The minimum absolute atomic E-state index is 0.169. The molecule has 0 saturated carbocycles. The Hall–Kier alpha value is -2.61. The second-order valence-corrected chi connectivity index (χ2v) is 7.84. The highest BCUT2D eigenvalue weighted by Crippen LogP contribution is 2.25. The maximum Gasteiger partial charge on any atom is 0.289 e. The minimum Gasteiger partial charge on any atom is -0.354 e. The Morgan fingerprint density at radius 2 is 2.00 bits per heavy atom. The predicted octanol–water partition coefficient (Wildman–Crippen LogP) is 2.15. The van der Waals surface area contributed by atoms with Crippen molar-refractivity contribution in [2.45, 2.75) is 13.5 Å². The fourth-order valence-corrected chi connectivity index (χ4v) is 4.09. The van der Waals surface area contributed by atoms with Crippen molar-refractivity contribution in [3.8, 4) is 0 Å². The molecule has 27 heavy (non-hydrogen) atoms. The van der Waals surface area contributed by atoms with E-state index in [1.807, 2.05) is 56.2 Å². The van der Waals surface area contributed by atoms with Crippen LogP contribution in [0.25, 0.3) is 11.0 Å². The maximum atomic E-state index is 12.7. The summed E-state index contributed by atoms with van der Waals surface area (Å²) < 4.78 is 1.72. The molecule has 1 fully saturated rings. The zero-order valence-corrected chi connectivity index (χ0v) is 16.3. The van der Waals surface area contributed by atoms with Gasteiger partial charge in [0.25, 0.3) is 5.91 Å². The second kappa shape index (κ2) is 7.56. The molecular formula is C19H22N6OS. The molecule has 3 heterocycles. The van der Waals surface area contributed by atoms with E-state index in [0.29, 0.717) is 12.2 Å². The van der Waals surface area contributed by atoms with Crippen molar-refractivity contribution in [3.63, 3.8) is 0 Å². The standard InChI is InChI=1S/C19H22N6OS/c1-13-5-3-4-6-14(13)11-20-19(26)17-21-16-15(12-24(2)23-16)18(22-17)25-7-9-27-10-8-25/h3-6,12H,7-11H2,1-2H3,(H,20,26). The van der Waals surface area contributed by atoms with E-state index in [1.165, 1.54) is 0 Å². The number of nitrogens with zero attached hydrogens (tertiary/aromatic N) is 5. The number of rotatable bonds is 4. The van der Waals surface area contributed by atoms with Gasteiger partial charge in [0.15, 0.2) is 5.65 Å². The van der Waals surface area contributed by atoms with Gasteiger partial charge in [0.1, 0.15) is 5.82 Å². The summed E-state index contributed by atoms with van der Waals surface area (Å²) in [6.45, 7) is 4.31. The lowest BCUT2D eigenvalue weighted by molar-refractivity contribution is 0.0941. The Morgan fingerprint density at radius 3 is 2.78 bits per heavy atom. The van der Waals surface area contributed by atoms with Crippen LogP contribution in [0.5, 0.6) is 0 Å². The molecule has 0 unspecified atom stereocenters. The van der Waals surface area contributed by atoms with Crippen molar-refractivity contribution < 1.29 is 4.79 Å². The number of benzene rings is 1. The molecule has 0 bridgehead atoms. The number of carbonyl (C=O) groups excluding carboxylic acids is 1. The van der Waals surface area contributed by atoms with Crippen LogP contribution < -0.4 is 10.2 Å². The van der Waals surface area contributed by atoms with Crippen LogP contribution in [0.4, 0.5) is 5.82 Å². The Bertz CT molecular complexity index is 979. The summed E-state index contributed by atoms with van der Waals surface area (Å²) in [7, 11) is 1.86. The Morgan fingerprint density at radius 1 is 1.22 bits per heavy atom. The van der Waals surface area contributed by atoms with Gasteiger partial charge in [0.2, 0.25) is 5.82 Å². The quantitative estimate of drug-likeness (QED) is 0.745. The second-order valence-electron chi connectivity index (χ2n) is 6.62. The molecule has 3 aromatic rings. The number of hydrogen-bond acceptors (Lipinski definition) is 6. The van der Waals surface area contributed by atoms with Gasteiger partial charge in [-0.3, -0.25) is 9.48 Å². The molecule has 7 nitrogen and oxygen atoms in total. The minimum atomic E-state index is -0.279. The molecule has 1 aliphatic rings. The van der Waals surface area contributed by atoms with E-state index in [9.17, 15) is 4.79 Å². The van der Waals surface area contributed by atoms with Gasteiger partial charge in [-0.1, -0.05) is 24.3 Å². The van der Waals surface area contributed by atoms with E-state index in [1.54, 1.807) is 4.68 Å². The van der Waals surface area contributed by atoms with E-state index < -0.39 is 0 Å². The molecule has 1 aromatic carbocycles. The third-order valence-electron chi connectivity index (χ3n) is 4.69. The average molecular weight is 382 g/mol. The number of aromatic nitrogens is 4. The smallest absolute Gasteiger partial charge is 0.289 e. The van der Waals surface area contributed by atoms with Crippen LogP contribution in [0.3, 0.4) is 0 Å². The van der Waals surface area contributed by atoms with Gasteiger partial charge in [-0.25, -0.2) is 9.97 Å². The molecule has 0 aliphatic carbocycles. The number of carbonyl (C=O) groups is 1. The van der Waals surface area contributed by atoms with Crippen LogP contribution in [-0.4, -0.2) is 50.3 Å². The molecule has 0 radical (unpaired) electrons. The highest BCUT2D eigenvalue weighted by molar-refractivity contribution is 7.99. The van der Waals surface area contributed by atoms with Crippen LogP contribution in [0.2, 0.25) is 0 Å². The summed E-state index contributed by atoms with van der Waals surface area (Å²) in [6.07, 6.45) is 1.92. The van der Waals surface area contributed by atoms with Crippen molar-refractivity contribution in [1.29, 1.82) is 0 Å². The van der Waals surface area contributed by atoms with E-state index in [-0.39, 0.29) is 11.7 Å². The topological polar surface area (TPSA) is 75.9 Å². The summed E-state index contributed by atoms with van der Waals surface area (Å²) in [5.41, 5.74) is 2.78. The Kier molecular flexibility index (Phi) is 4.98. The van der Waals surface area contributed by atoms with E-state index in [2.05, 4.69) is 25.3 Å². The first-order valence-corrected chi connectivity index (χ1v) is 10.1. The van der Waals surface area contributed by atoms with Crippen molar-refractivity contribution in [3.05, 3.63) is 47.4 Å². The molecule has 8 heteroatoms. The zero-order chi connectivity index (χ0) is 18.8. The molecular weight excluding hydrogens is 360 g/mol. The number of anilines is 1. The van der Waals surface area contributed by atoms with Gasteiger partial charge in [0.05, 0.1) is 5.39 Å². The van der Waals surface area contributed by atoms with Gasteiger partial charge in [-0.15, -0.1) is 0 Å². The first-order valence-electron chi connectivity index (χ1n) is 8.98. The van der Waals surface area contributed by atoms with Crippen LogP contribution in [-0.2, 0) is 13.6 Å². The Balaban J connectivity index is 1.62. The molecule has 1 N–H and O–H groups in total. The molecule has 4 rings (SSSR count). The van der Waals surface area contributed by atoms with Crippen LogP contribution in [0.1, 0.15) is 21.7 Å². The predicted molar refractivity (Wildman–Crippen MR) is 108 cm³/mol. The van der Waals surface area contributed by atoms with Gasteiger partial charge in [-0.2, -0.15) is 16.9 Å². The number of amides is 1. The largest absolute Gasteiger partial charge is 0.354 e. The van der Waals surface area contributed by atoms with Gasteiger partial charge in [0, 0.05) is 44.4 Å². The summed E-state index contributed by atoms with van der Waals surface area (Å²) in [6, 6.07) is 8.00. The number of hydrogen-bond donors (Lipinski definition) is 1. The first kappa shape index (κ1) is 17.8. The highest BCUT2D eigenvalue weighted by Gasteiger charge is 2.21. The molecule has 0 spiro atoms. The lowest BCUT2D eigenvalue weighted by atomic mass is 10.1. The lowest BCUT2D eigenvalue weighted by Gasteiger charge is -2.27. The summed E-state index contributed by atoms with van der Waals surface area (Å²) >= 11 is 1.94. The van der Waals surface area contributed by atoms with E-state index >= 15 is 0 Å². The normalized spacial score (nSPS) is 14.5. The number of aryl methyl sites for hydroxylation is 2. The molecule has 2 aromatic heterocycles. The summed E-state index contributed by atoms with van der Waals surface area (Å²) in [4.78, 5) is 24.0. The van der Waals surface area contributed by atoms with Crippen molar-refractivity contribution in [1.82, 2.24) is 25.1 Å². The summed E-state index contributed by atoms with van der Waals surface area (Å²) in [5.74, 6) is 2.80. The number of nitrogens with one attached hydrogen (secondary N) is 1. The van der Waals surface area contributed by atoms with E-state index in [4.69, 9.17) is 0 Å². The fraction of sp³-hybridized carbons (Fsp3) is 0.368. The average Bonchev–Trinajstić information content (AvgIpc) is 3.07. The third kappa shape index (κ3) is 3.75. The molecule has 1 saturated heterocycles. The van der Waals surface area contributed by atoms with Crippen LogP contribution in [0, 0.1) is 6.92 Å². The lowest BCUT2D eigenvalue weighted by Crippen LogP contribution is -2.34. The summed E-state index contributed by atoms with van der Waals surface area (Å²) in [5, 5.41) is 8.22. The molecule has 1 aliphatic heterocycles. The fourth-order valence-electron chi connectivity index (χ4n) is 3.18. The SMILES string of the molecule is Cc1ccccc1CNC(=O)c1nc(N2CCSCC2)c2cn(C)nc2n1. The van der Waals surface area contributed by atoms with E-state index in [0.717, 1.165) is 46.9 Å². The van der Waals surface area contributed by atoms with Crippen molar-refractivity contribution >= 4 is 34.5 Å². The van der Waals surface area contributed by atoms with Crippen molar-refractivity contribution in [2.75, 3.05) is 29.5 Å². The maximum absolute atomic E-state index is 12.7. The Labute approximate surface area is 162 Å². The number of thioether (sulfide) groups is 1. The molecule has 140 valence electrons. The van der Waals surface area contributed by atoms with Gasteiger partial charge >= 0.3 is 0 Å². The van der Waals surface area contributed by atoms with Crippen LogP contribution >= 0.6 is 11.8 Å². The number of fused-ring (bicyclic) bond motifs is 1. The third-order valence-corrected chi connectivity index (χ3v) is 5.63. The van der Waals surface area contributed by atoms with Gasteiger partial charge < -0.3 is 10.2 Å². The first-order chi connectivity index (χ1) is 13.1. The molecule has 1 amide bonds. The highest BCUT2D eigenvalue weighted by atomic mass is 32.2. The van der Waals surface area contributed by atoms with Crippen molar-refractivity contribution in [2.24, 2.45) is 7.05 Å². The van der Waals surface area contributed by atoms with Crippen LogP contribution in [0.15, 0.2) is 30.5 Å². The monoisotopic (exact) mass is 382 g/mol. The molecule has 0 atom stereocenters.